The number of nitrogens with zero attached hydrogens (tertiary/aromatic N) is 2. The zero-order valence-electron chi connectivity index (χ0n) is 11.9. The van der Waals surface area contributed by atoms with Crippen molar-refractivity contribution in [2.45, 2.75) is 12.8 Å². The fraction of sp³-hybridized carbons (Fsp3) is 0.133. The van der Waals surface area contributed by atoms with Crippen LogP contribution in [0.2, 0.25) is 0 Å². The van der Waals surface area contributed by atoms with Gasteiger partial charge in [0.25, 0.3) is 0 Å². The van der Waals surface area contributed by atoms with Gasteiger partial charge in [-0.15, -0.1) is 11.3 Å². The fourth-order valence-electron chi connectivity index (χ4n) is 2.07. The molecular formula is C15H15N5OS. The number of hydrogen-bond donors (Lipinski definition) is 3. The summed E-state index contributed by atoms with van der Waals surface area (Å²) in [6.45, 7) is 2.14. The van der Waals surface area contributed by atoms with Crippen LogP contribution in [0.5, 0.6) is 0 Å². The molecule has 3 aromatic rings. The first-order valence-corrected chi connectivity index (χ1v) is 7.66. The van der Waals surface area contributed by atoms with E-state index in [-0.39, 0.29) is 6.03 Å². The van der Waals surface area contributed by atoms with E-state index in [0.29, 0.717) is 11.7 Å². The summed E-state index contributed by atoms with van der Waals surface area (Å²) >= 11 is 1.64. The summed E-state index contributed by atoms with van der Waals surface area (Å²) in [5, 5.41) is 11.9. The molecule has 0 aliphatic heterocycles. The number of aromatic amines is 1. The van der Waals surface area contributed by atoms with Gasteiger partial charge in [0.15, 0.2) is 0 Å². The number of hydrogen-bond acceptors (Lipinski definition) is 4. The predicted molar refractivity (Wildman–Crippen MR) is 87.3 cm³/mol. The molecule has 3 rings (SSSR count). The van der Waals surface area contributed by atoms with Crippen molar-refractivity contribution < 1.29 is 4.79 Å². The first-order valence-electron chi connectivity index (χ1n) is 6.78. The van der Waals surface area contributed by atoms with E-state index in [2.05, 4.69) is 32.7 Å². The summed E-state index contributed by atoms with van der Waals surface area (Å²) in [4.78, 5) is 17.1. The molecular weight excluding hydrogens is 298 g/mol. The van der Waals surface area contributed by atoms with Crippen LogP contribution in [-0.4, -0.2) is 21.2 Å². The third kappa shape index (κ3) is 3.32. The number of benzene rings is 1. The van der Waals surface area contributed by atoms with Crippen molar-refractivity contribution in [3.8, 4) is 0 Å². The molecule has 112 valence electrons. The average Bonchev–Trinajstić information content (AvgIpc) is 3.20. The van der Waals surface area contributed by atoms with E-state index in [1.54, 1.807) is 23.6 Å². The van der Waals surface area contributed by atoms with Crippen molar-refractivity contribution in [1.29, 1.82) is 0 Å². The second kappa shape index (κ2) is 6.40. The van der Waals surface area contributed by atoms with Gasteiger partial charge in [-0.05, 0) is 17.7 Å². The molecule has 1 aromatic carbocycles. The second-order valence-electron chi connectivity index (χ2n) is 4.80. The summed E-state index contributed by atoms with van der Waals surface area (Å²) in [5.41, 5.74) is 3.75. The zero-order valence-corrected chi connectivity index (χ0v) is 12.7. The lowest BCUT2D eigenvalue weighted by molar-refractivity contribution is 0.262. The van der Waals surface area contributed by atoms with E-state index in [4.69, 9.17) is 0 Å². The molecule has 0 bridgehead atoms. The molecule has 0 radical (unpaired) electrons. The maximum Gasteiger partial charge on any atom is 0.324 e. The Bertz CT molecular complexity index is 722. The Morgan fingerprint density at radius 2 is 2.05 bits per heavy atom. The third-order valence-corrected chi connectivity index (χ3v) is 4.25. The molecule has 3 N–H and O–H groups in total. The summed E-state index contributed by atoms with van der Waals surface area (Å²) in [7, 11) is 0. The number of nitrogens with one attached hydrogen (secondary N) is 3. The van der Waals surface area contributed by atoms with Crippen LogP contribution >= 0.6 is 11.3 Å². The van der Waals surface area contributed by atoms with E-state index in [9.17, 15) is 4.79 Å². The van der Waals surface area contributed by atoms with Gasteiger partial charge in [0, 0.05) is 28.7 Å². The van der Waals surface area contributed by atoms with Crippen molar-refractivity contribution in [3.63, 3.8) is 0 Å². The van der Waals surface area contributed by atoms with Gasteiger partial charge in [0.1, 0.15) is 5.82 Å². The largest absolute Gasteiger partial charge is 0.324 e. The summed E-state index contributed by atoms with van der Waals surface area (Å²) in [5.74, 6) is 0.841. The molecule has 2 heterocycles. The minimum atomic E-state index is -0.312. The number of aromatic nitrogens is 3. The van der Waals surface area contributed by atoms with Crippen LogP contribution in [0, 0.1) is 0 Å². The Hall–Kier alpha value is -2.67. The molecule has 1 atom stereocenters. The number of urea groups is 1. The summed E-state index contributed by atoms with van der Waals surface area (Å²) in [6.07, 6.45) is 3.46. The number of carbonyl (C=O) groups excluding carboxylic acids is 1. The topological polar surface area (TPSA) is 82.7 Å². The highest BCUT2D eigenvalue weighted by atomic mass is 32.1. The normalized spacial score (nSPS) is 11.9. The standard InChI is InChI=1S/C15H15N5OS/c1-10(13-8-16-9-22-13)11-2-4-12(5-3-11)18-15(21)19-14-6-7-17-20-14/h2-10H,1H3,(H3,17,18,19,20,21)/t10-/m1/s1. The summed E-state index contributed by atoms with van der Waals surface area (Å²) < 4.78 is 0. The van der Waals surface area contributed by atoms with Gasteiger partial charge < -0.3 is 5.32 Å². The number of amides is 2. The first kappa shape index (κ1) is 14.3. The molecule has 22 heavy (non-hydrogen) atoms. The minimum Gasteiger partial charge on any atom is -0.308 e. The molecule has 0 aliphatic rings. The first-order chi connectivity index (χ1) is 10.7. The SMILES string of the molecule is C[C@H](c1ccc(NC(=O)Nc2ccn[nH]2)cc1)c1cncs1. The summed E-state index contributed by atoms with van der Waals surface area (Å²) in [6, 6.07) is 9.16. The van der Waals surface area contributed by atoms with Crippen LogP contribution in [-0.2, 0) is 0 Å². The molecule has 6 nitrogen and oxygen atoms in total. The number of H-pyrrole nitrogens is 1. The molecule has 7 heteroatoms. The predicted octanol–water partition coefficient (Wildman–Crippen LogP) is 3.66. The van der Waals surface area contributed by atoms with Gasteiger partial charge in [-0.3, -0.25) is 15.4 Å². The average molecular weight is 313 g/mol. The van der Waals surface area contributed by atoms with Gasteiger partial charge in [0.05, 0.1) is 11.7 Å². The van der Waals surface area contributed by atoms with Crippen LogP contribution in [0.15, 0.2) is 48.2 Å². The van der Waals surface area contributed by atoms with E-state index in [0.717, 1.165) is 5.69 Å². The molecule has 0 unspecified atom stereocenters. The maximum atomic E-state index is 11.8. The number of carbonyl (C=O) groups is 1. The quantitative estimate of drug-likeness (QED) is 0.687. The van der Waals surface area contributed by atoms with Crippen LogP contribution < -0.4 is 10.6 Å². The van der Waals surface area contributed by atoms with Gasteiger partial charge >= 0.3 is 6.03 Å². The third-order valence-electron chi connectivity index (χ3n) is 3.30. The highest BCUT2D eigenvalue weighted by molar-refractivity contribution is 7.09. The molecule has 2 aromatic heterocycles. The van der Waals surface area contributed by atoms with E-state index in [1.165, 1.54) is 10.4 Å². The molecule has 2 amide bonds. The van der Waals surface area contributed by atoms with E-state index in [1.807, 2.05) is 36.0 Å². The van der Waals surface area contributed by atoms with Crippen LogP contribution in [0.4, 0.5) is 16.3 Å². The highest BCUT2D eigenvalue weighted by Gasteiger charge is 2.10. The number of thiazole rings is 1. The zero-order chi connectivity index (χ0) is 15.4. The smallest absolute Gasteiger partial charge is 0.308 e. The number of anilines is 2. The van der Waals surface area contributed by atoms with Gasteiger partial charge in [-0.2, -0.15) is 5.10 Å². The van der Waals surface area contributed by atoms with Crippen LogP contribution in [0.25, 0.3) is 0 Å². The monoisotopic (exact) mass is 313 g/mol. The van der Waals surface area contributed by atoms with Crippen LogP contribution in [0.3, 0.4) is 0 Å². The Morgan fingerprint density at radius 3 is 2.68 bits per heavy atom. The Labute approximate surface area is 131 Å². The lowest BCUT2D eigenvalue weighted by Gasteiger charge is -2.11. The molecule has 0 spiro atoms. The highest BCUT2D eigenvalue weighted by Crippen LogP contribution is 2.27. The maximum absolute atomic E-state index is 11.8. The molecule has 0 aliphatic carbocycles. The minimum absolute atomic E-state index is 0.292. The van der Waals surface area contributed by atoms with Crippen molar-refractivity contribution in [3.05, 3.63) is 58.7 Å². The Balaban J connectivity index is 1.63. The van der Waals surface area contributed by atoms with Crippen molar-refractivity contribution in [2.24, 2.45) is 0 Å². The number of rotatable bonds is 4. The van der Waals surface area contributed by atoms with E-state index < -0.39 is 0 Å². The van der Waals surface area contributed by atoms with Crippen molar-refractivity contribution >= 4 is 28.9 Å². The lowest BCUT2D eigenvalue weighted by Crippen LogP contribution is -2.19. The van der Waals surface area contributed by atoms with Gasteiger partial charge in [0.2, 0.25) is 0 Å². The lowest BCUT2D eigenvalue weighted by atomic mass is 10.00. The van der Waals surface area contributed by atoms with Gasteiger partial charge in [-0.25, -0.2) is 4.79 Å². The fourth-order valence-corrected chi connectivity index (χ4v) is 2.77. The van der Waals surface area contributed by atoms with Crippen molar-refractivity contribution in [2.75, 3.05) is 10.6 Å². The second-order valence-corrected chi connectivity index (χ2v) is 5.71. The van der Waals surface area contributed by atoms with Crippen LogP contribution in [0.1, 0.15) is 23.3 Å². The van der Waals surface area contributed by atoms with Gasteiger partial charge in [-0.1, -0.05) is 19.1 Å². The van der Waals surface area contributed by atoms with Crippen molar-refractivity contribution in [1.82, 2.24) is 15.2 Å². The van der Waals surface area contributed by atoms with E-state index >= 15 is 0 Å². The molecule has 0 saturated carbocycles. The Kier molecular flexibility index (Phi) is 4.15. The molecule has 0 saturated heterocycles. The Morgan fingerprint density at radius 1 is 1.23 bits per heavy atom. The molecule has 0 fully saturated rings.